The molecule has 1 aliphatic carbocycles. The fraction of sp³-hybridized carbons (Fsp3) is 0.425. The lowest BCUT2D eigenvalue weighted by molar-refractivity contribution is -0.120. The molecule has 2 N–H and O–H groups in total. The number of likely N-dealkylation sites (tertiary alicyclic amines) is 1. The zero-order valence-corrected chi connectivity index (χ0v) is 31.1. The predicted octanol–water partition coefficient (Wildman–Crippen LogP) is 4.67. The number of urea groups is 1. The zero-order chi connectivity index (χ0) is 38.3. The molecule has 3 amide bonds. The molecular weight excluding hydrogens is 709 g/mol. The molecule has 0 spiro atoms. The third-order valence-corrected chi connectivity index (χ3v) is 12.0. The van der Waals surface area contributed by atoms with Crippen LogP contribution in [0.1, 0.15) is 69.0 Å². The van der Waals surface area contributed by atoms with E-state index in [1.165, 1.54) is 31.1 Å². The molecule has 4 fully saturated rings. The summed E-state index contributed by atoms with van der Waals surface area (Å²) in [4.78, 5) is 39.7. The van der Waals surface area contributed by atoms with Gasteiger partial charge in [0, 0.05) is 73.1 Å². The number of fused-ring (bicyclic) bond motifs is 2. The predicted molar refractivity (Wildman–Crippen MR) is 207 cm³/mol. The normalized spacial score (nSPS) is 22.9. The highest BCUT2D eigenvalue weighted by Crippen LogP contribution is 2.40. The van der Waals surface area contributed by atoms with Gasteiger partial charge in [-0.1, -0.05) is 5.21 Å². The summed E-state index contributed by atoms with van der Waals surface area (Å²) < 4.78 is 3.35. The Morgan fingerprint density at radius 3 is 2.57 bits per heavy atom. The van der Waals surface area contributed by atoms with E-state index in [0.29, 0.717) is 65.3 Å². The minimum absolute atomic E-state index is 0.221. The molecule has 16 heteroatoms. The van der Waals surface area contributed by atoms with Crippen LogP contribution in [-0.4, -0.2) is 95.9 Å². The first kappa shape index (κ1) is 35.3. The molecule has 3 saturated heterocycles. The van der Waals surface area contributed by atoms with Gasteiger partial charge >= 0.3 is 6.03 Å². The van der Waals surface area contributed by atoms with Crippen molar-refractivity contribution in [1.29, 1.82) is 10.5 Å². The summed E-state index contributed by atoms with van der Waals surface area (Å²) in [6.45, 7) is 5.48. The van der Waals surface area contributed by atoms with Crippen molar-refractivity contribution in [2.24, 2.45) is 5.92 Å². The van der Waals surface area contributed by atoms with E-state index in [2.05, 4.69) is 70.1 Å². The van der Waals surface area contributed by atoms with Gasteiger partial charge < -0.3 is 10.2 Å². The third-order valence-electron chi connectivity index (χ3n) is 12.0. The maximum absolute atomic E-state index is 12.3. The fourth-order valence-corrected chi connectivity index (χ4v) is 8.85. The molecule has 9 rings (SSSR count). The molecular formula is C40H42N14O2. The number of carbonyl (C=O) groups excluding carboxylic acids is 2. The highest BCUT2D eigenvalue weighted by molar-refractivity contribution is 6.05. The van der Waals surface area contributed by atoms with E-state index in [0.717, 1.165) is 55.7 Å². The summed E-state index contributed by atoms with van der Waals surface area (Å²) in [7, 11) is 0. The standard InChI is InChI=1S/C40H42N14O2/c1-25(18-41)46-32-17-37(54-39-29(21-45-54)16-27(19-42)20-44-39)43-22-35(32)53-23-33(48-49-53)28-4-2-26(3-5-28)10-13-50-14-11-34-36(50)24-52(34)31-8-6-30(7-9-31)51-15-12-38(55)47-40(51)56/h6-9,16-17,20-23,25-26,28,34,36H,2-5,10-15,24H2,1H3,(H,43,46)(H,47,55,56)/t25-,26?,28?,34-,36-/m1/s1. The van der Waals surface area contributed by atoms with Gasteiger partial charge in [-0.15, -0.1) is 5.10 Å². The highest BCUT2D eigenvalue weighted by Gasteiger charge is 2.46. The van der Waals surface area contributed by atoms with Crippen LogP contribution in [0.3, 0.4) is 0 Å². The Hall–Kier alpha value is -6.39. The van der Waals surface area contributed by atoms with E-state index in [4.69, 9.17) is 0 Å². The maximum Gasteiger partial charge on any atom is 0.328 e. The first-order valence-electron chi connectivity index (χ1n) is 19.4. The highest BCUT2D eigenvalue weighted by atomic mass is 16.2. The summed E-state index contributed by atoms with van der Waals surface area (Å²) in [5, 5.41) is 38.8. The quantitative estimate of drug-likeness (QED) is 0.201. The van der Waals surface area contributed by atoms with Crippen molar-refractivity contribution < 1.29 is 9.59 Å². The molecule has 4 aromatic heterocycles. The first-order valence-corrected chi connectivity index (χ1v) is 19.4. The van der Waals surface area contributed by atoms with Gasteiger partial charge in [0.25, 0.3) is 0 Å². The molecule has 5 aromatic rings. The van der Waals surface area contributed by atoms with E-state index in [-0.39, 0.29) is 11.9 Å². The van der Waals surface area contributed by atoms with Crippen molar-refractivity contribution in [3.8, 4) is 23.6 Å². The summed E-state index contributed by atoms with van der Waals surface area (Å²) in [6, 6.07) is 16.4. The smallest absolute Gasteiger partial charge is 0.328 e. The van der Waals surface area contributed by atoms with Crippen molar-refractivity contribution in [1.82, 2.24) is 45.0 Å². The number of nitriles is 2. The number of anilines is 3. The average molecular weight is 751 g/mol. The first-order chi connectivity index (χ1) is 27.3. The second-order valence-electron chi connectivity index (χ2n) is 15.3. The third kappa shape index (κ3) is 6.66. The van der Waals surface area contributed by atoms with E-state index in [9.17, 15) is 20.1 Å². The number of nitrogens with one attached hydrogen (secondary N) is 2. The minimum atomic E-state index is -0.466. The molecule has 4 aliphatic rings. The van der Waals surface area contributed by atoms with Crippen LogP contribution in [0.25, 0.3) is 22.5 Å². The van der Waals surface area contributed by atoms with Crippen LogP contribution in [0, 0.1) is 28.6 Å². The van der Waals surface area contributed by atoms with Crippen LogP contribution in [-0.2, 0) is 4.79 Å². The lowest BCUT2D eigenvalue weighted by Crippen LogP contribution is -2.62. The number of hydrogen-bond donors (Lipinski definition) is 2. The lowest BCUT2D eigenvalue weighted by Gasteiger charge is -2.49. The topological polar surface area (TPSA) is 190 Å². The SMILES string of the molecule is C[C@H](C#N)Nc1cc(-n2ncc3cc(C#N)cnc32)ncc1-n1cc(C2CCC(CCN3CC[C@@H]4[C@H]3CN4c3ccc(N4CCC(=O)NC4=O)cc3)CC2)nn1. The Morgan fingerprint density at radius 2 is 1.79 bits per heavy atom. The number of imide groups is 1. The monoisotopic (exact) mass is 750 g/mol. The Balaban J connectivity index is 0.788. The second-order valence-corrected chi connectivity index (χ2v) is 15.3. The van der Waals surface area contributed by atoms with Crippen molar-refractivity contribution in [3.63, 3.8) is 0 Å². The van der Waals surface area contributed by atoms with Gasteiger partial charge in [0.1, 0.15) is 17.8 Å². The molecule has 284 valence electrons. The van der Waals surface area contributed by atoms with Crippen LogP contribution in [0.2, 0.25) is 0 Å². The van der Waals surface area contributed by atoms with Crippen molar-refractivity contribution in [2.45, 2.75) is 75.9 Å². The van der Waals surface area contributed by atoms with Gasteiger partial charge in [-0.25, -0.2) is 19.4 Å². The van der Waals surface area contributed by atoms with Gasteiger partial charge in [0.15, 0.2) is 11.5 Å². The molecule has 1 aromatic carbocycles. The van der Waals surface area contributed by atoms with E-state index >= 15 is 0 Å². The number of rotatable bonds is 10. The summed E-state index contributed by atoms with van der Waals surface area (Å²) in [5.74, 6) is 1.34. The number of carbonyl (C=O) groups is 2. The van der Waals surface area contributed by atoms with Gasteiger partial charge in [-0.05, 0) is 88.2 Å². The number of hydrogen-bond acceptors (Lipinski definition) is 12. The molecule has 16 nitrogen and oxygen atoms in total. The van der Waals surface area contributed by atoms with Crippen LogP contribution in [0.4, 0.5) is 21.9 Å². The second kappa shape index (κ2) is 14.7. The number of nitrogens with zero attached hydrogens (tertiary/aromatic N) is 12. The van der Waals surface area contributed by atoms with Crippen LogP contribution in [0.15, 0.2) is 61.2 Å². The van der Waals surface area contributed by atoms with Crippen molar-refractivity contribution >= 4 is 40.0 Å². The van der Waals surface area contributed by atoms with Crippen molar-refractivity contribution in [2.75, 3.05) is 41.3 Å². The number of aromatic nitrogens is 7. The summed E-state index contributed by atoms with van der Waals surface area (Å²) >= 11 is 0. The lowest BCUT2D eigenvalue weighted by atomic mass is 9.79. The van der Waals surface area contributed by atoms with E-state index < -0.39 is 6.04 Å². The number of benzene rings is 1. The number of pyridine rings is 2. The Kier molecular flexibility index (Phi) is 9.26. The molecule has 0 unspecified atom stereocenters. The zero-order valence-electron chi connectivity index (χ0n) is 31.1. The fourth-order valence-electron chi connectivity index (χ4n) is 8.85. The molecule has 0 bridgehead atoms. The molecule has 3 atom stereocenters. The Bertz CT molecular complexity index is 2370. The van der Waals surface area contributed by atoms with Gasteiger partial charge in [-0.2, -0.15) is 20.3 Å². The molecule has 3 aliphatic heterocycles. The van der Waals surface area contributed by atoms with Crippen molar-refractivity contribution in [3.05, 3.63) is 72.4 Å². The summed E-state index contributed by atoms with van der Waals surface area (Å²) in [5.41, 5.74) is 5.36. The van der Waals surface area contributed by atoms with E-state index in [1.807, 2.05) is 24.4 Å². The molecule has 1 saturated carbocycles. The Labute approximate surface area is 323 Å². The Morgan fingerprint density at radius 1 is 0.964 bits per heavy atom. The molecule has 0 radical (unpaired) electrons. The molecule has 56 heavy (non-hydrogen) atoms. The maximum atomic E-state index is 12.3. The van der Waals surface area contributed by atoms with Gasteiger partial charge in [0.2, 0.25) is 5.91 Å². The largest absolute Gasteiger partial charge is 0.368 e. The number of amides is 3. The van der Waals surface area contributed by atoms with E-state index in [1.54, 1.807) is 39.6 Å². The van der Waals surface area contributed by atoms with Crippen LogP contribution >= 0.6 is 0 Å². The van der Waals surface area contributed by atoms with Gasteiger partial charge in [0.05, 0.1) is 41.6 Å². The molecule has 7 heterocycles. The summed E-state index contributed by atoms with van der Waals surface area (Å²) in [6.07, 6.45) is 14.1. The minimum Gasteiger partial charge on any atom is -0.368 e. The van der Waals surface area contributed by atoms with Gasteiger partial charge in [-0.3, -0.25) is 19.9 Å². The van der Waals surface area contributed by atoms with Crippen LogP contribution in [0.5, 0.6) is 0 Å². The van der Waals surface area contributed by atoms with Crippen LogP contribution < -0.4 is 20.4 Å². The average Bonchev–Trinajstić information content (AvgIpc) is 3.95.